The lowest BCUT2D eigenvalue weighted by Crippen LogP contribution is -2.44. The summed E-state index contributed by atoms with van der Waals surface area (Å²) < 4.78 is 5.29. The summed E-state index contributed by atoms with van der Waals surface area (Å²) in [5.74, 6) is 4.55. The van der Waals surface area contributed by atoms with Gasteiger partial charge in [0.25, 0.3) is 0 Å². The molecular formula is C17H20N2O. The Morgan fingerprint density at radius 1 is 1.15 bits per heavy atom. The molecule has 0 spiro atoms. The molecule has 4 fully saturated rings. The number of pyridine rings is 1. The molecule has 0 aromatic carbocycles. The van der Waals surface area contributed by atoms with Crippen LogP contribution >= 0.6 is 0 Å². The summed E-state index contributed by atoms with van der Waals surface area (Å²) in [7, 11) is 1.60. The maximum absolute atomic E-state index is 9.52. The van der Waals surface area contributed by atoms with Crippen molar-refractivity contribution in [3.8, 4) is 11.9 Å². The standard InChI is InChI=1S/C17H20N2O/c1-20-17-15(9-18)14(2-3-19-17)16-12-5-10-4-11(7-12)8-13(16)6-10/h2-3,10-13,16H,4-8H2,1H3. The number of hydrogen-bond acceptors (Lipinski definition) is 3. The van der Waals surface area contributed by atoms with Crippen LogP contribution in [0.2, 0.25) is 0 Å². The molecule has 0 radical (unpaired) electrons. The highest BCUT2D eigenvalue weighted by molar-refractivity contribution is 5.47. The molecule has 3 heteroatoms. The molecule has 104 valence electrons. The molecule has 1 aromatic heterocycles. The Balaban J connectivity index is 1.77. The van der Waals surface area contributed by atoms with Crippen molar-refractivity contribution >= 4 is 0 Å². The Labute approximate surface area is 120 Å². The van der Waals surface area contributed by atoms with Crippen LogP contribution in [0, 0.1) is 35.0 Å². The van der Waals surface area contributed by atoms with E-state index >= 15 is 0 Å². The molecule has 4 aliphatic carbocycles. The fraction of sp³-hybridized carbons (Fsp3) is 0.647. The van der Waals surface area contributed by atoms with Crippen LogP contribution in [-0.4, -0.2) is 12.1 Å². The van der Waals surface area contributed by atoms with Gasteiger partial charge in [0.2, 0.25) is 5.88 Å². The lowest BCUT2D eigenvalue weighted by atomic mass is 9.50. The topological polar surface area (TPSA) is 45.9 Å². The summed E-state index contributed by atoms with van der Waals surface area (Å²) >= 11 is 0. The van der Waals surface area contributed by atoms with Crippen molar-refractivity contribution in [2.45, 2.75) is 38.0 Å². The lowest BCUT2D eigenvalue weighted by Gasteiger charge is -2.54. The Kier molecular flexibility index (Phi) is 2.73. The van der Waals surface area contributed by atoms with Gasteiger partial charge in [-0.2, -0.15) is 5.26 Å². The molecule has 4 bridgehead atoms. The highest BCUT2D eigenvalue weighted by Gasteiger charge is 2.49. The Morgan fingerprint density at radius 3 is 2.35 bits per heavy atom. The number of rotatable bonds is 2. The minimum absolute atomic E-state index is 0.499. The second kappa shape index (κ2) is 4.48. The molecule has 4 saturated carbocycles. The van der Waals surface area contributed by atoms with Crippen molar-refractivity contribution < 1.29 is 4.74 Å². The van der Waals surface area contributed by atoms with Gasteiger partial charge in [-0.15, -0.1) is 0 Å². The Morgan fingerprint density at radius 2 is 1.80 bits per heavy atom. The number of aromatic nitrogens is 1. The van der Waals surface area contributed by atoms with Gasteiger partial charge in [0.1, 0.15) is 11.6 Å². The molecule has 0 saturated heterocycles. The first-order valence-corrected chi connectivity index (χ1v) is 7.73. The Bertz CT molecular complexity index is 547. The SMILES string of the molecule is COc1nccc(C2C3CC4CC(C3)CC2C4)c1C#N. The molecule has 0 N–H and O–H groups in total. The first kappa shape index (κ1) is 12.2. The number of nitrogens with zero attached hydrogens (tertiary/aromatic N) is 2. The minimum atomic E-state index is 0.499. The van der Waals surface area contributed by atoms with E-state index in [1.54, 1.807) is 13.3 Å². The monoisotopic (exact) mass is 268 g/mol. The van der Waals surface area contributed by atoms with Crippen molar-refractivity contribution in [1.82, 2.24) is 4.98 Å². The van der Waals surface area contributed by atoms with Gasteiger partial charge < -0.3 is 4.74 Å². The van der Waals surface area contributed by atoms with Crippen LogP contribution in [0.4, 0.5) is 0 Å². The van der Waals surface area contributed by atoms with Crippen molar-refractivity contribution in [2.75, 3.05) is 7.11 Å². The highest BCUT2D eigenvalue weighted by Crippen LogP contribution is 2.60. The summed E-state index contributed by atoms with van der Waals surface area (Å²) in [6, 6.07) is 4.40. The average Bonchev–Trinajstić information content (AvgIpc) is 2.45. The maximum Gasteiger partial charge on any atom is 0.231 e. The number of nitriles is 1. The average molecular weight is 268 g/mol. The van der Waals surface area contributed by atoms with Crippen molar-refractivity contribution in [3.63, 3.8) is 0 Å². The van der Waals surface area contributed by atoms with Crippen molar-refractivity contribution in [3.05, 3.63) is 23.4 Å². The quantitative estimate of drug-likeness (QED) is 0.824. The molecular weight excluding hydrogens is 248 g/mol. The third kappa shape index (κ3) is 1.67. The fourth-order valence-corrected chi connectivity index (χ4v) is 5.43. The molecule has 4 aliphatic rings. The normalized spacial score (nSPS) is 37.7. The second-order valence-electron chi connectivity index (χ2n) is 6.85. The van der Waals surface area contributed by atoms with E-state index in [9.17, 15) is 5.26 Å². The van der Waals surface area contributed by atoms with Crippen LogP contribution in [0.25, 0.3) is 0 Å². The molecule has 20 heavy (non-hydrogen) atoms. The van der Waals surface area contributed by atoms with Crippen LogP contribution < -0.4 is 4.74 Å². The third-order valence-electron chi connectivity index (χ3n) is 5.84. The number of hydrogen-bond donors (Lipinski definition) is 0. The molecule has 1 aromatic rings. The molecule has 0 atom stereocenters. The largest absolute Gasteiger partial charge is 0.480 e. The van der Waals surface area contributed by atoms with Gasteiger partial charge in [-0.3, -0.25) is 0 Å². The Hall–Kier alpha value is -1.56. The summed E-state index contributed by atoms with van der Waals surface area (Å²) in [5.41, 5.74) is 1.88. The molecule has 5 rings (SSSR count). The second-order valence-corrected chi connectivity index (χ2v) is 6.85. The number of ether oxygens (including phenoxy) is 1. The summed E-state index contributed by atoms with van der Waals surface area (Å²) in [4.78, 5) is 4.20. The van der Waals surface area contributed by atoms with E-state index in [4.69, 9.17) is 4.74 Å². The first-order chi connectivity index (χ1) is 9.80. The molecule has 0 amide bonds. The van der Waals surface area contributed by atoms with E-state index in [1.807, 2.05) is 0 Å². The molecule has 0 aliphatic heterocycles. The zero-order valence-electron chi connectivity index (χ0n) is 11.9. The smallest absolute Gasteiger partial charge is 0.231 e. The maximum atomic E-state index is 9.52. The van der Waals surface area contributed by atoms with Gasteiger partial charge in [-0.1, -0.05) is 0 Å². The van der Waals surface area contributed by atoms with Crippen LogP contribution in [0.3, 0.4) is 0 Å². The van der Waals surface area contributed by atoms with Crippen LogP contribution in [0.5, 0.6) is 5.88 Å². The zero-order chi connectivity index (χ0) is 13.7. The van der Waals surface area contributed by atoms with E-state index in [1.165, 1.54) is 37.7 Å². The highest BCUT2D eigenvalue weighted by atomic mass is 16.5. The summed E-state index contributed by atoms with van der Waals surface area (Å²) in [6.45, 7) is 0. The lowest BCUT2D eigenvalue weighted by molar-refractivity contribution is -0.00295. The van der Waals surface area contributed by atoms with Gasteiger partial charge in [-0.05, 0) is 73.3 Å². The van der Waals surface area contributed by atoms with E-state index in [-0.39, 0.29) is 0 Å². The first-order valence-electron chi connectivity index (χ1n) is 7.73. The van der Waals surface area contributed by atoms with Gasteiger partial charge in [0.05, 0.1) is 7.11 Å². The summed E-state index contributed by atoms with van der Waals surface area (Å²) in [6.07, 6.45) is 8.74. The predicted octanol–water partition coefficient (Wildman–Crippen LogP) is 3.50. The van der Waals surface area contributed by atoms with Crippen LogP contribution in [0.1, 0.15) is 49.1 Å². The molecule has 0 unspecified atom stereocenters. The third-order valence-corrected chi connectivity index (χ3v) is 5.84. The fourth-order valence-electron chi connectivity index (χ4n) is 5.43. The van der Waals surface area contributed by atoms with E-state index in [0.717, 1.165) is 23.7 Å². The van der Waals surface area contributed by atoms with E-state index < -0.39 is 0 Å². The molecule has 1 heterocycles. The van der Waals surface area contributed by atoms with Crippen molar-refractivity contribution in [2.24, 2.45) is 23.7 Å². The molecule has 3 nitrogen and oxygen atoms in total. The zero-order valence-corrected chi connectivity index (χ0v) is 11.9. The van der Waals surface area contributed by atoms with Gasteiger partial charge in [0.15, 0.2) is 0 Å². The minimum Gasteiger partial charge on any atom is -0.480 e. The van der Waals surface area contributed by atoms with E-state index in [2.05, 4.69) is 17.1 Å². The van der Waals surface area contributed by atoms with Crippen LogP contribution in [-0.2, 0) is 0 Å². The van der Waals surface area contributed by atoms with Gasteiger partial charge >= 0.3 is 0 Å². The predicted molar refractivity (Wildman–Crippen MR) is 75.3 cm³/mol. The summed E-state index contributed by atoms with van der Waals surface area (Å²) in [5, 5.41) is 9.52. The van der Waals surface area contributed by atoms with Gasteiger partial charge in [-0.25, -0.2) is 4.98 Å². The number of methoxy groups -OCH3 is 1. The van der Waals surface area contributed by atoms with Crippen molar-refractivity contribution in [1.29, 1.82) is 5.26 Å². The van der Waals surface area contributed by atoms with Gasteiger partial charge in [0, 0.05) is 6.20 Å². The van der Waals surface area contributed by atoms with E-state index in [0.29, 0.717) is 17.4 Å². The van der Waals surface area contributed by atoms with Crippen LogP contribution in [0.15, 0.2) is 12.3 Å².